The first-order valence-corrected chi connectivity index (χ1v) is 10.7. The number of guanidine groups is 1. The quantitative estimate of drug-likeness (QED) is 0.361. The van der Waals surface area contributed by atoms with Crippen molar-refractivity contribution in [3.63, 3.8) is 0 Å². The molecule has 0 radical (unpaired) electrons. The number of rotatable bonds is 7. The summed E-state index contributed by atoms with van der Waals surface area (Å²) in [6.07, 6.45) is 0.820. The molecule has 31 heavy (non-hydrogen) atoms. The van der Waals surface area contributed by atoms with Crippen LogP contribution in [0.1, 0.15) is 49.2 Å². The predicted molar refractivity (Wildman–Crippen MR) is 123 cm³/mol. The molecule has 3 N–H and O–H groups in total. The van der Waals surface area contributed by atoms with Crippen molar-refractivity contribution in [1.82, 2.24) is 16.0 Å². The van der Waals surface area contributed by atoms with Gasteiger partial charge in [-0.05, 0) is 45.0 Å². The van der Waals surface area contributed by atoms with Gasteiger partial charge in [0.05, 0.1) is 19.7 Å². The van der Waals surface area contributed by atoms with Gasteiger partial charge in [-0.1, -0.05) is 24.3 Å². The second-order valence-corrected chi connectivity index (χ2v) is 8.05. The number of fused-ring (bicyclic) bond motifs is 1. The second-order valence-electron chi connectivity index (χ2n) is 8.05. The van der Waals surface area contributed by atoms with E-state index in [0.717, 1.165) is 30.2 Å². The minimum absolute atomic E-state index is 0.0872. The van der Waals surface area contributed by atoms with Gasteiger partial charge >= 0.3 is 0 Å². The summed E-state index contributed by atoms with van der Waals surface area (Å²) in [4.78, 5) is 17.0. The fourth-order valence-corrected chi connectivity index (χ4v) is 3.62. The Morgan fingerprint density at radius 1 is 1.19 bits per heavy atom. The van der Waals surface area contributed by atoms with Gasteiger partial charge in [0.1, 0.15) is 17.1 Å². The number of nitrogens with one attached hydrogen (secondary N) is 3. The van der Waals surface area contributed by atoms with E-state index in [1.54, 1.807) is 25.3 Å². The Labute approximate surface area is 184 Å². The van der Waals surface area contributed by atoms with E-state index in [1.807, 2.05) is 31.2 Å². The maximum Gasteiger partial charge on any atom is 0.251 e. The molecule has 0 bridgehead atoms. The van der Waals surface area contributed by atoms with Crippen molar-refractivity contribution in [3.05, 3.63) is 59.7 Å². The van der Waals surface area contributed by atoms with Crippen molar-refractivity contribution < 1.29 is 14.3 Å². The average molecular weight is 425 g/mol. The van der Waals surface area contributed by atoms with Crippen LogP contribution in [-0.2, 0) is 0 Å². The lowest BCUT2D eigenvalue weighted by Crippen LogP contribution is -2.45. The van der Waals surface area contributed by atoms with Gasteiger partial charge < -0.3 is 25.4 Å². The number of amides is 1. The lowest BCUT2D eigenvalue weighted by atomic mass is 9.90. The maximum absolute atomic E-state index is 12.3. The monoisotopic (exact) mass is 424 g/mol. The fourth-order valence-electron chi connectivity index (χ4n) is 3.62. The van der Waals surface area contributed by atoms with E-state index in [1.165, 1.54) is 0 Å². The SMILES string of the molecule is CCNC(=NCCNC(=O)c1cccc(OC)c1)NC1CC(C)(C)Oc2ccccc21. The minimum atomic E-state index is -0.270. The lowest BCUT2D eigenvalue weighted by molar-refractivity contribution is 0.0694. The molecular weight excluding hydrogens is 392 g/mol. The molecule has 0 saturated heterocycles. The van der Waals surface area contributed by atoms with E-state index in [4.69, 9.17) is 9.47 Å². The van der Waals surface area contributed by atoms with Gasteiger partial charge in [0, 0.05) is 30.6 Å². The van der Waals surface area contributed by atoms with Crippen LogP contribution in [0.4, 0.5) is 0 Å². The molecule has 7 nitrogen and oxygen atoms in total. The van der Waals surface area contributed by atoms with Crippen molar-refractivity contribution in [1.29, 1.82) is 0 Å². The van der Waals surface area contributed by atoms with Gasteiger partial charge in [-0.3, -0.25) is 9.79 Å². The molecule has 1 amide bonds. The van der Waals surface area contributed by atoms with E-state index < -0.39 is 0 Å². The molecule has 1 unspecified atom stereocenters. The number of nitrogens with zero attached hydrogens (tertiary/aromatic N) is 1. The molecular formula is C24H32N4O3. The Morgan fingerprint density at radius 2 is 2.00 bits per heavy atom. The zero-order valence-corrected chi connectivity index (χ0v) is 18.7. The third kappa shape index (κ3) is 6.13. The van der Waals surface area contributed by atoms with Gasteiger partial charge in [0.2, 0.25) is 0 Å². The number of carbonyl (C=O) groups excluding carboxylic acids is 1. The Kier molecular flexibility index (Phi) is 7.39. The molecule has 0 aliphatic carbocycles. The van der Waals surface area contributed by atoms with Crippen LogP contribution < -0.4 is 25.4 Å². The fraction of sp³-hybridized carbons (Fsp3) is 0.417. The molecule has 3 rings (SSSR count). The molecule has 1 heterocycles. The first-order valence-electron chi connectivity index (χ1n) is 10.7. The van der Waals surface area contributed by atoms with Gasteiger partial charge in [0.25, 0.3) is 5.91 Å². The number of benzene rings is 2. The molecule has 7 heteroatoms. The molecule has 2 aromatic rings. The number of hydrogen-bond acceptors (Lipinski definition) is 4. The van der Waals surface area contributed by atoms with Crippen molar-refractivity contribution in [2.24, 2.45) is 4.99 Å². The largest absolute Gasteiger partial charge is 0.497 e. The van der Waals surface area contributed by atoms with Crippen molar-refractivity contribution in [2.45, 2.75) is 38.8 Å². The molecule has 1 aliphatic rings. The average Bonchev–Trinajstić information content (AvgIpc) is 2.75. The van der Waals surface area contributed by atoms with Gasteiger partial charge in [-0.25, -0.2) is 0 Å². The topological polar surface area (TPSA) is 84.0 Å². The third-order valence-electron chi connectivity index (χ3n) is 5.03. The minimum Gasteiger partial charge on any atom is -0.497 e. The van der Waals surface area contributed by atoms with Crippen LogP contribution in [-0.4, -0.2) is 44.2 Å². The van der Waals surface area contributed by atoms with Gasteiger partial charge in [-0.2, -0.15) is 0 Å². The Bertz CT molecular complexity index is 927. The summed E-state index contributed by atoms with van der Waals surface area (Å²) in [7, 11) is 1.58. The van der Waals surface area contributed by atoms with Crippen LogP contribution in [0, 0.1) is 0 Å². The zero-order valence-electron chi connectivity index (χ0n) is 18.7. The lowest BCUT2D eigenvalue weighted by Gasteiger charge is -2.38. The normalized spacial score (nSPS) is 17.2. The molecule has 0 aromatic heterocycles. The van der Waals surface area contributed by atoms with E-state index in [0.29, 0.717) is 24.4 Å². The highest BCUT2D eigenvalue weighted by atomic mass is 16.5. The molecule has 1 aliphatic heterocycles. The molecule has 0 fully saturated rings. The first-order chi connectivity index (χ1) is 14.9. The van der Waals surface area contributed by atoms with Gasteiger partial charge in [-0.15, -0.1) is 0 Å². The van der Waals surface area contributed by atoms with Crippen LogP contribution in [0.5, 0.6) is 11.5 Å². The number of carbonyl (C=O) groups is 1. The van der Waals surface area contributed by atoms with E-state index in [9.17, 15) is 4.79 Å². The van der Waals surface area contributed by atoms with Crippen molar-refractivity contribution in [3.8, 4) is 11.5 Å². The van der Waals surface area contributed by atoms with E-state index >= 15 is 0 Å². The smallest absolute Gasteiger partial charge is 0.251 e. The van der Waals surface area contributed by atoms with Crippen LogP contribution in [0.3, 0.4) is 0 Å². The molecule has 0 saturated carbocycles. The highest BCUT2D eigenvalue weighted by Gasteiger charge is 2.33. The highest BCUT2D eigenvalue weighted by Crippen LogP contribution is 2.39. The first kappa shape index (κ1) is 22.5. The molecule has 2 aromatic carbocycles. The van der Waals surface area contributed by atoms with Crippen molar-refractivity contribution >= 4 is 11.9 Å². The molecule has 0 spiro atoms. The highest BCUT2D eigenvalue weighted by molar-refractivity contribution is 5.94. The molecule has 1 atom stereocenters. The van der Waals surface area contributed by atoms with Crippen LogP contribution in [0.25, 0.3) is 0 Å². The van der Waals surface area contributed by atoms with E-state index in [-0.39, 0.29) is 17.6 Å². The van der Waals surface area contributed by atoms with Crippen LogP contribution in [0.2, 0.25) is 0 Å². The third-order valence-corrected chi connectivity index (χ3v) is 5.03. The standard InChI is InChI=1S/C24H32N4O3/c1-5-25-23(27-14-13-26-22(29)17-9-8-10-18(15-17)30-4)28-20-16-24(2,3)31-21-12-7-6-11-19(20)21/h6-12,15,20H,5,13-14,16H2,1-4H3,(H,26,29)(H2,25,27,28). The summed E-state index contributed by atoms with van der Waals surface area (Å²) in [6.45, 7) is 7.85. The molecule has 166 valence electrons. The number of para-hydroxylation sites is 1. The predicted octanol–water partition coefficient (Wildman–Crippen LogP) is 3.28. The summed E-state index contributed by atoms with van der Waals surface area (Å²) in [5.41, 5.74) is 1.42. The number of methoxy groups -OCH3 is 1. The van der Waals surface area contributed by atoms with Gasteiger partial charge in [0.15, 0.2) is 5.96 Å². The van der Waals surface area contributed by atoms with Crippen LogP contribution >= 0.6 is 0 Å². The summed E-state index contributed by atoms with van der Waals surface area (Å²) < 4.78 is 11.3. The Morgan fingerprint density at radius 3 is 2.77 bits per heavy atom. The number of hydrogen-bond donors (Lipinski definition) is 3. The summed E-state index contributed by atoms with van der Waals surface area (Å²) >= 11 is 0. The Balaban J connectivity index is 1.61. The van der Waals surface area contributed by atoms with E-state index in [2.05, 4.69) is 40.9 Å². The number of aliphatic imine (C=N–C) groups is 1. The zero-order chi connectivity index (χ0) is 22.3. The summed E-state index contributed by atoms with van der Waals surface area (Å²) in [5, 5.41) is 9.73. The summed E-state index contributed by atoms with van der Waals surface area (Å²) in [6, 6.07) is 15.3. The van der Waals surface area contributed by atoms with Crippen LogP contribution in [0.15, 0.2) is 53.5 Å². The number of ether oxygens (including phenoxy) is 2. The summed E-state index contributed by atoms with van der Waals surface area (Å²) in [5.74, 6) is 2.13. The maximum atomic E-state index is 12.3. The Hall–Kier alpha value is -3.22. The van der Waals surface area contributed by atoms with Crippen molar-refractivity contribution in [2.75, 3.05) is 26.7 Å². The second kappa shape index (κ2) is 10.2.